The smallest absolute Gasteiger partial charge is 0.407 e. The van der Waals surface area contributed by atoms with E-state index in [1.54, 1.807) is 24.6 Å². The van der Waals surface area contributed by atoms with Crippen LogP contribution in [0.25, 0.3) is 21.3 Å². The number of fused-ring (bicyclic) bond motifs is 3. The molecule has 0 radical (unpaired) electrons. The lowest BCUT2D eigenvalue weighted by atomic mass is 9.85. The lowest BCUT2D eigenvalue weighted by Gasteiger charge is -2.32. The molecule has 8 heteroatoms. The number of nitriles is 1. The van der Waals surface area contributed by atoms with Crippen LogP contribution < -0.4 is 0 Å². The van der Waals surface area contributed by atoms with Crippen molar-refractivity contribution in [3.8, 4) is 6.07 Å². The van der Waals surface area contributed by atoms with Gasteiger partial charge >= 0.3 is 6.09 Å². The molecule has 3 heterocycles. The van der Waals surface area contributed by atoms with E-state index in [-0.39, 0.29) is 12.5 Å². The molecule has 0 spiro atoms. The number of carbonyl (C=O) groups is 1. The molecule has 1 aliphatic rings. The van der Waals surface area contributed by atoms with Crippen molar-refractivity contribution in [3.05, 3.63) is 23.5 Å². The Labute approximate surface area is 160 Å². The van der Waals surface area contributed by atoms with Crippen molar-refractivity contribution in [1.29, 1.82) is 5.26 Å². The third-order valence-electron chi connectivity index (χ3n) is 5.47. The van der Waals surface area contributed by atoms with Crippen molar-refractivity contribution in [2.45, 2.75) is 38.1 Å². The molecular formula is C19H21N5O2S. The summed E-state index contributed by atoms with van der Waals surface area (Å²) in [6.07, 6.45) is 5.10. The van der Waals surface area contributed by atoms with E-state index in [2.05, 4.69) is 15.6 Å². The van der Waals surface area contributed by atoms with Gasteiger partial charge in [0.15, 0.2) is 0 Å². The van der Waals surface area contributed by atoms with Gasteiger partial charge in [0.05, 0.1) is 34.4 Å². The molecule has 140 valence electrons. The molecule has 0 aliphatic heterocycles. The number of aromatic nitrogens is 3. The number of carboxylic acid groups (broad SMARTS) is 1. The number of hydrogen-bond donors (Lipinski definition) is 1. The van der Waals surface area contributed by atoms with Gasteiger partial charge in [0, 0.05) is 19.6 Å². The molecule has 4 rings (SSSR count). The summed E-state index contributed by atoms with van der Waals surface area (Å²) < 4.78 is 3.38. The number of nitrogens with zero attached hydrogens (tertiary/aromatic N) is 5. The van der Waals surface area contributed by atoms with Gasteiger partial charge in [-0.15, -0.1) is 11.3 Å². The van der Waals surface area contributed by atoms with E-state index in [9.17, 15) is 10.1 Å². The van der Waals surface area contributed by atoms with Gasteiger partial charge in [-0.05, 0) is 43.0 Å². The summed E-state index contributed by atoms with van der Waals surface area (Å²) in [6, 6.07) is 4.54. The molecule has 1 aliphatic carbocycles. The fourth-order valence-corrected chi connectivity index (χ4v) is 5.05. The Morgan fingerprint density at radius 2 is 2.19 bits per heavy atom. The number of pyridine rings is 1. The van der Waals surface area contributed by atoms with Crippen LogP contribution in [-0.2, 0) is 6.42 Å². The zero-order valence-corrected chi connectivity index (χ0v) is 15.9. The van der Waals surface area contributed by atoms with Crippen LogP contribution in [0.4, 0.5) is 4.79 Å². The normalized spacial score (nSPS) is 20.0. The number of hydrogen-bond acceptors (Lipinski definition) is 5. The molecule has 1 saturated carbocycles. The van der Waals surface area contributed by atoms with Gasteiger partial charge in [-0.3, -0.25) is 4.98 Å². The standard InChI is InChI=1S/C19H21N5O2S/c1-23(19(25)26)11-12-2-4-13(5-3-12)24-16(6-8-20)22-15-10-21-14-7-9-27-18(14)17(15)24/h7,9-10,12-13H,2-6,11H2,1H3,(H,25,26)/t12-,13-. The first kappa shape index (κ1) is 17.7. The number of imidazole rings is 1. The lowest BCUT2D eigenvalue weighted by Crippen LogP contribution is -2.32. The largest absolute Gasteiger partial charge is 0.465 e. The molecule has 1 N–H and O–H groups in total. The van der Waals surface area contributed by atoms with Crippen molar-refractivity contribution in [2.75, 3.05) is 13.6 Å². The van der Waals surface area contributed by atoms with E-state index >= 15 is 0 Å². The Morgan fingerprint density at radius 3 is 2.89 bits per heavy atom. The van der Waals surface area contributed by atoms with Gasteiger partial charge in [0.1, 0.15) is 11.3 Å². The quantitative estimate of drug-likeness (QED) is 0.733. The molecule has 0 aromatic carbocycles. The van der Waals surface area contributed by atoms with E-state index in [1.807, 2.05) is 11.4 Å². The van der Waals surface area contributed by atoms with Crippen molar-refractivity contribution in [1.82, 2.24) is 19.4 Å². The summed E-state index contributed by atoms with van der Waals surface area (Å²) in [4.78, 5) is 21.6. The first-order valence-electron chi connectivity index (χ1n) is 9.12. The van der Waals surface area contributed by atoms with Crippen molar-refractivity contribution < 1.29 is 9.90 Å². The Balaban J connectivity index is 1.65. The van der Waals surface area contributed by atoms with Crippen molar-refractivity contribution in [2.24, 2.45) is 5.92 Å². The highest BCUT2D eigenvalue weighted by atomic mass is 32.1. The second kappa shape index (κ2) is 7.16. The number of rotatable bonds is 4. The third kappa shape index (κ3) is 3.23. The summed E-state index contributed by atoms with van der Waals surface area (Å²) in [7, 11) is 1.63. The minimum absolute atomic E-state index is 0.281. The highest BCUT2D eigenvalue weighted by Gasteiger charge is 2.28. The topological polar surface area (TPSA) is 95.0 Å². The van der Waals surface area contributed by atoms with Crippen LogP contribution in [0.2, 0.25) is 0 Å². The molecule has 1 fully saturated rings. The molecule has 0 unspecified atom stereocenters. The molecule has 1 amide bonds. The minimum atomic E-state index is -0.873. The minimum Gasteiger partial charge on any atom is -0.465 e. The van der Waals surface area contributed by atoms with Gasteiger partial charge in [-0.1, -0.05) is 0 Å². The Kier molecular flexibility index (Phi) is 4.70. The predicted molar refractivity (Wildman–Crippen MR) is 104 cm³/mol. The maximum absolute atomic E-state index is 11.1. The van der Waals surface area contributed by atoms with Crippen molar-refractivity contribution in [3.63, 3.8) is 0 Å². The van der Waals surface area contributed by atoms with E-state index in [0.29, 0.717) is 12.5 Å². The Hall–Kier alpha value is -2.66. The lowest BCUT2D eigenvalue weighted by molar-refractivity contribution is 0.140. The van der Waals surface area contributed by atoms with E-state index in [1.165, 1.54) is 4.90 Å². The summed E-state index contributed by atoms with van der Waals surface area (Å²) >= 11 is 1.66. The van der Waals surface area contributed by atoms with Gasteiger partial charge in [0.25, 0.3) is 0 Å². The van der Waals surface area contributed by atoms with Crippen LogP contribution in [0.1, 0.15) is 37.5 Å². The zero-order chi connectivity index (χ0) is 19.0. The molecular weight excluding hydrogens is 362 g/mol. The van der Waals surface area contributed by atoms with Crippen LogP contribution in [-0.4, -0.2) is 44.2 Å². The highest BCUT2D eigenvalue weighted by Crippen LogP contribution is 2.38. The first-order valence-corrected chi connectivity index (χ1v) is 10.0. The third-order valence-corrected chi connectivity index (χ3v) is 6.38. The highest BCUT2D eigenvalue weighted by molar-refractivity contribution is 7.18. The molecule has 0 saturated heterocycles. The molecule has 3 aromatic rings. The molecule has 27 heavy (non-hydrogen) atoms. The molecule has 7 nitrogen and oxygen atoms in total. The van der Waals surface area contributed by atoms with Gasteiger partial charge < -0.3 is 14.6 Å². The zero-order valence-electron chi connectivity index (χ0n) is 15.1. The summed E-state index contributed by atoms with van der Waals surface area (Å²) in [5.74, 6) is 1.20. The molecule has 0 atom stereocenters. The van der Waals surface area contributed by atoms with Crippen LogP contribution in [0.5, 0.6) is 0 Å². The van der Waals surface area contributed by atoms with Crippen LogP contribution in [0.15, 0.2) is 17.6 Å². The second-order valence-corrected chi connectivity index (χ2v) is 8.11. The second-order valence-electron chi connectivity index (χ2n) is 7.20. The number of amides is 1. The number of thiophene rings is 1. The SMILES string of the molecule is CN(C[C@H]1CC[C@H](n2c(CC#N)nc3cnc4ccsc4c32)CC1)C(=O)O. The summed E-state index contributed by atoms with van der Waals surface area (Å²) in [5.41, 5.74) is 2.91. The average molecular weight is 383 g/mol. The Bertz CT molecular complexity index is 1030. The van der Waals surface area contributed by atoms with Gasteiger partial charge in [0.2, 0.25) is 0 Å². The van der Waals surface area contributed by atoms with Crippen LogP contribution in [0, 0.1) is 17.2 Å². The fourth-order valence-electron chi connectivity index (χ4n) is 4.17. The summed E-state index contributed by atoms with van der Waals surface area (Å²) in [6.45, 7) is 0.580. The maximum atomic E-state index is 11.1. The molecule has 3 aromatic heterocycles. The van der Waals surface area contributed by atoms with Crippen LogP contribution in [0.3, 0.4) is 0 Å². The van der Waals surface area contributed by atoms with Crippen molar-refractivity contribution >= 4 is 38.7 Å². The van der Waals surface area contributed by atoms with Gasteiger partial charge in [-0.2, -0.15) is 5.26 Å². The van der Waals surface area contributed by atoms with Crippen LogP contribution >= 0.6 is 11.3 Å². The van der Waals surface area contributed by atoms with E-state index < -0.39 is 6.09 Å². The summed E-state index contributed by atoms with van der Waals surface area (Å²) in [5, 5.41) is 20.4. The fraction of sp³-hybridized carbons (Fsp3) is 0.474. The predicted octanol–water partition coefficient (Wildman–Crippen LogP) is 4.05. The monoisotopic (exact) mass is 383 g/mol. The average Bonchev–Trinajstić information content (AvgIpc) is 3.26. The Morgan fingerprint density at radius 1 is 1.41 bits per heavy atom. The van der Waals surface area contributed by atoms with Gasteiger partial charge in [-0.25, -0.2) is 9.78 Å². The van der Waals surface area contributed by atoms with E-state index in [0.717, 1.165) is 52.8 Å². The maximum Gasteiger partial charge on any atom is 0.407 e. The van der Waals surface area contributed by atoms with E-state index in [4.69, 9.17) is 10.1 Å². The first-order chi connectivity index (χ1) is 13.1. The molecule has 0 bridgehead atoms.